The highest BCUT2D eigenvalue weighted by Gasteiger charge is 2.21. The third-order valence-electron chi connectivity index (χ3n) is 5.57. The van der Waals surface area contributed by atoms with Gasteiger partial charge in [0.2, 0.25) is 11.7 Å². The molecule has 1 unspecified atom stereocenters. The van der Waals surface area contributed by atoms with E-state index in [2.05, 4.69) is 25.9 Å². The topological polar surface area (TPSA) is 126 Å². The van der Waals surface area contributed by atoms with E-state index in [0.717, 1.165) is 5.06 Å². The van der Waals surface area contributed by atoms with Crippen LogP contribution in [0.15, 0.2) is 71.6 Å². The van der Waals surface area contributed by atoms with Gasteiger partial charge in [0.1, 0.15) is 11.5 Å². The van der Waals surface area contributed by atoms with Gasteiger partial charge in [0, 0.05) is 30.3 Å². The second-order valence-electron chi connectivity index (χ2n) is 8.37. The van der Waals surface area contributed by atoms with E-state index in [1.807, 2.05) is 6.92 Å². The predicted molar refractivity (Wildman–Crippen MR) is 150 cm³/mol. The van der Waals surface area contributed by atoms with Crippen molar-refractivity contribution in [2.24, 2.45) is 0 Å². The molecule has 11 heteroatoms. The summed E-state index contributed by atoms with van der Waals surface area (Å²) in [5.41, 5.74) is 1.81. The number of methoxy groups -OCH3 is 2. The smallest absolute Gasteiger partial charge is 0.224 e. The van der Waals surface area contributed by atoms with Gasteiger partial charge in [-0.05, 0) is 42.6 Å². The van der Waals surface area contributed by atoms with Crippen LogP contribution in [-0.2, 0) is 14.5 Å². The molecule has 0 saturated heterocycles. The van der Waals surface area contributed by atoms with Crippen molar-refractivity contribution >= 4 is 55.5 Å². The number of nitrogens with zero attached hydrogens (tertiary/aromatic N) is 3. The molecule has 1 atom stereocenters. The van der Waals surface area contributed by atoms with Crippen LogP contribution in [0.4, 0.5) is 23.0 Å². The highest BCUT2D eigenvalue weighted by molar-refractivity contribution is 8.01. The quantitative estimate of drug-likeness (QED) is 0.191. The maximum atomic E-state index is 13.8. The molecule has 38 heavy (non-hydrogen) atoms. The molecule has 10 nitrogen and oxygen atoms in total. The Morgan fingerprint density at radius 2 is 1.66 bits per heavy atom. The average molecular weight is 536 g/mol. The highest BCUT2D eigenvalue weighted by atomic mass is 32.2. The molecule has 0 aliphatic heterocycles. The van der Waals surface area contributed by atoms with Crippen molar-refractivity contribution in [3.05, 3.63) is 66.7 Å². The molecule has 1 amide bonds. The van der Waals surface area contributed by atoms with E-state index in [0.29, 0.717) is 46.0 Å². The van der Waals surface area contributed by atoms with Gasteiger partial charge in [0.25, 0.3) is 0 Å². The number of nitrogens with one attached hydrogen (secondary N) is 2. The first kappa shape index (κ1) is 26.7. The standard InChI is InChI=1S/C27H29N5O5S/c1-5-9-25(33)28-18-10-8-11-22(14-18)38(4,35)31-26-27(30-24-13-7-6-12-23(24)29-26)32(34)19-15-20(36-2)17-21(16-19)37-3/h6-8,10-17,34H,4-5,9H2,1-3H3,(H,28,33)(H,29,31,35). The Bertz CT molecular complexity index is 1550. The van der Waals surface area contributed by atoms with Crippen LogP contribution in [0.2, 0.25) is 0 Å². The maximum absolute atomic E-state index is 13.8. The number of aromatic nitrogens is 2. The first-order valence-electron chi connectivity index (χ1n) is 11.8. The minimum atomic E-state index is -3.21. The van der Waals surface area contributed by atoms with Gasteiger partial charge >= 0.3 is 0 Å². The molecule has 198 valence electrons. The van der Waals surface area contributed by atoms with Crippen LogP contribution in [0.1, 0.15) is 19.8 Å². The molecule has 4 rings (SSSR count). The Kier molecular flexibility index (Phi) is 7.99. The van der Waals surface area contributed by atoms with Crippen LogP contribution in [0.5, 0.6) is 11.5 Å². The van der Waals surface area contributed by atoms with Crippen LogP contribution in [0.3, 0.4) is 0 Å². The van der Waals surface area contributed by atoms with Crippen LogP contribution in [0.25, 0.3) is 11.0 Å². The van der Waals surface area contributed by atoms with Gasteiger partial charge in [-0.1, -0.05) is 25.1 Å². The normalized spacial score (nSPS) is 12.4. The van der Waals surface area contributed by atoms with Gasteiger partial charge < -0.3 is 14.8 Å². The minimum Gasteiger partial charge on any atom is -0.497 e. The van der Waals surface area contributed by atoms with Crippen molar-refractivity contribution in [1.82, 2.24) is 9.97 Å². The van der Waals surface area contributed by atoms with E-state index in [9.17, 15) is 14.2 Å². The second kappa shape index (κ2) is 11.4. The minimum absolute atomic E-state index is 0.0113. The number of benzene rings is 3. The van der Waals surface area contributed by atoms with Crippen molar-refractivity contribution < 1.29 is 23.7 Å². The molecule has 0 spiro atoms. The third kappa shape index (κ3) is 5.96. The zero-order valence-corrected chi connectivity index (χ0v) is 22.1. The van der Waals surface area contributed by atoms with Crippen molar-refractivity contribution in [2.45, 2.75) is 24.7 Å². The molecule has 0 bridgehead atoms. The Morgan fingerprint density at radius 3 is 2.29 bits per heavy atom. The van der Waals surface area contributed by atoms with Gasteiger partial charge in [0.15, 0.2) is 5.82 Å². The van der Waals surface area contributed by atoms with Crippen molar-refractivity contribution in [3.8, 4) is 11.5 Å². The van der Waals surface area contributed by atoms with E-state index in [1.54, 1.807) is 66.7 Å². The molecule has 0 fully saturated rings. The molecule has 0 aliphatic rings. The summed E-state index contributed by atoms with van der Waals surface area (Å²) < 4.78 is 27.3. The predicted octanol–water partition coefficient (Wildman–Crippen LogP) is 5.02. The van der Waals surface area contributed by atoms with E-state index in [4.69, 9.17) is 9.47 Å². The molecular formula is C27H29N5O5S. The monoisotopic (exact) mass is 535 g/mol. The summed E-state index contributed by atoms with van der Waals surface area (Å²) in [6.45, 7) is 1.91. The first-order chi connectivity index (χ1) is 18.2. The lowest BCUT2D eigenvalue weighted by Gasteiger charge is -2.22. The summed E-state index contributed by atoms with van der Waals surface area (Å²) in [7, 11) is -0.208. The SMILES string of the molecule is C=S(=O)(Nc1nc2ccccc2nc1N(O)c1cc(OC)cc(OC)c1)c1cccc(NC(=O)CCC)c1. The molecular weight excluding hydrogens is 506 g/mol. The molecule has 3 aromatic carbocycles. The Hall–Kier alpha value is -4.35. The fourth-order valence-electron chi connectivity index (χ4n) is 3.69. The van der Waals surface area contributed by atoms with Crippen molar-refractivity contribution in [1.29, 1.82) is 0 Å². The fourth-order valence-corrected chi connectivity index (χ4v) is 4.87. The number of ether oxygens (including phenoxy) is 2. The fraction of sp³-hybridized carbons (Fsp3) is 0.185. The summed E-state index contributed by atoms with van der Waals surface area (Å²) in [5, 5.41) is 14.9. The van der Waals surface area contributed by atoms with Crippen LogP contribution >= 0.6 is 0 Å². The van der Waals surface area contributed by atoms with E-state index < -0.39 is 9.71 Å². The third-order valence-corrected chi connectivity index (χ3v) is 7.11. The largest absolute Gasteiger partial charge is 0.497 e. The average Bonchev–Trinajstić information content (AvgIpc) is 2.92. The molecule has 4 aromatic rings. The number of carbonyl (C=O) groups excluding carboxylic acids is 1. The van der Waals surface area contributed by atoms with Crippen LogP contribution in [-0.4, -0.2) is 45.4 Å². The van der Waals surface area contributed by atoms with Gasteiger partial charge in [-0.15, -0.1) is 0 Å². The Labute approximate surface area is 221 Å². The summed E-state index contributed by atoms with van der Waals surface area (Å²) >= 11 is 0. The molecule has 1 aromatic heterocycles. The number of hydrogen-bond acceptors (Lipinski definition) is 8. The van der Waals surface area contributed by atoms with E-state index >= 15 is 0 Å². The molecule has 0 aliphatic carbocycles. The Balaban J connectivity index is 1.76. The van der Waals surface area contributed by atoms with Crippen molar-refractivity contribution in [2.75, 3.05) is 29.3 Å². The number of fused-ring (bicyclic) bond motifs is 1. The lowest BCUT2D eigenvalue weighted by Crippen LogP contribution is -2.20. The summed E-state index contributed by atoms with van der Waals surface area (Å²) in [5.74, 6) is 4.68. The summed E-state index contributed by atoms with van der Waals surface area (Å²) in [6.07, 6.45) is 1.08. The molecule has 0 saturated carbocycles. The Morgan fingerprint density at radius 1 is 1.00 bits per heavy atom. The molecule has 0 radical (unpaired) electrons. The zero-order valence-electron chi connectivity index (χ0n) is 21.3. The zero-order chi connectivity index (χ0) is 27.3. The first-order valence-corrected chi connectivity index (χ1v) is 13.5. The van der Waals surface area contributed by atoms with Gasteiger partial charge in [-0.2, -0.15) is 0 Å². The highest BCUT2D eigenvalue weighted by Crippen LogP contribution is 2.35. The van der Waals surface area contributed by atoms with Gasteiger partial charge in [0.05, 0.1) is 45.5 Å². The number of anilines is 4. The number of amides is 1. The lowest BCUT2D eigenvalue weighted by atomic mass is 10.2. The van der Waals surface area contributed by atoms with Crippen LogP contribution < -0.4 is 24.6 Å². The van der Waals surface area contributed by atoms with Gasteiger partial charge in [-0.3, -0.25) is 14.7 Å². The van der Waals surface area contributed by atoms with Crippen molar-refractivity contribution in [3.63, 3.8) is 0 Å². The van der Waals surface area contributed by atoms with Crippen LogP contribution in [0, 0.1) is 0 Å². The number of rotatable bonds is 10. The number of carbonyl (C=O) groups is 1. The van der Waals surface area contributed by atoms with Gasteiger partial charge in [-0.25, -0.2) is 19.2 Å². The second-order valence-corrected chi connectivity index (χ2v) is 10.4. The number of para-hydroxylation sites is 2. The summed E-state index contributed by atoms with van der Waals surface area (Å²) in [4.78, 5) is 21.5. The molecule has 3 N–H and O–H groups in total. The lowest BCUT2D eigenvalue weighted by molar-refractivity contribution is -0.116. The molecule has 1 heterocycles. The summed E-state index contributed by atoms with van der Waals surface area (Å²) in [6, 6.07) is 18.6. The maximum Gasteiger partial charge on any atom is 0.224 e. The van der Waals surface area contributed by atoms with E-state index in [1.165, 1.54) is 14.2 Å². The van der Waals surface area contributed by atoms with E-state index in [-0.39, 0.29) is 23.2 Å². The number of hydrogen-bond donors (Lipinski definition) is 3.